The highest BCUT2D eigenvalue weighted by molar-refractivity contribution is 5.94. The van der Waals surface area contributed by atoms with E-state index in [1.807, 2.05) is 11.9 Å². The molecular weight excluding hydrogens is 435 g/mol. The Hall–Kier alpha value is -2.95. The lowest BCUT2D eigenvalue weighted by Gasteiger charge is -2.48. The van der Waals surface area contributed by atoms with Crippen molar-refractivity contribution in [2.45, 2.75) is 31.0 Å². The van der Waals surface area contributed by atoms with Crippen LogP contribution >= 0.6 is 0 Å². The van der Waals surface area contributed by atoms with Crippen LogP contribution in [0.2, 0.25) is 0 Å². The molecule has 0 amide bonds. The van der Waals surface area contributed by atoms with Crippen molar-refractivity contribution in [1.82, 2.24) is 14.8 Å². The van der Waals surface area contributed by atoms with E-state index < -0.39 is 34.7 Å². The average Bonchev–Trinajstić information content (AvgIpc) is 3.03. The summed E-state index contributed by atoms with van der Waals surface area (Å²) in [5.41, 5.74) is -2.34. The Bertz CT molecular complexity index is 1190. The van der Waals surface area contributed by atoms with Gasteiger partial charge in [0.05, 0.1) is 23.2 Å². The van der Waals surface area contributed by atoms with E-state index in [2.05, 4.69) is 10.1 Å². The molecule has 0 spiro atoms. The van der Waals surface area contributed by atoms with Gasteiger partial charge in [0.25, 0.3) is 0 Å². The first kappa shape index (κ1) is 22.3. The molecule has 0 unspecified atom stereocenters. The molecule has 6 nitrogen and oxygen atoms in total. The molecule has 4 rings (SSSR count). The number of halogens is 5. The van der Waals surface area contributed by atoms with Crippen molar-refractivity contribution >= 4 is 16.7 Å². The normalized spacial score (nSPS) is 15.8. The van der Waals surface area contributed by atoms with Crippen LogP contribution in [0.4, 0.5) is 27.8 Å². The fourth-order valence-corrected chi connectivity index (χ4v) is 4.20. The van der Waals surface area contributed by atoms with E-state index in [0.717, 1.165) is 19.3 Å². The molecule has 0 bridgehead atoms. The van der Waals surface area contributed by atoms with E-state index in [4.69, 9.17) is 4.74 Å². The van der Waals surface area contributed by atoms with Crippen LogP contribution in [0.15, 0.2) is 18.3 Å². The van der Waals surface area contributed by atoms with Crippen LogP contribution in [0.5, 0.6) is 5.75 Å². The Labute approximate surface area is 180 Å². The minimum absolute atomic E-state index is 0.183. The van der Waals surface area contributed by atoms with Gasteiger partial charge in [-0.1, -0.05) is 0 Å². The molecule has 0 saturated heterocycles. The molecule has 11 heteroatoms. The number of phenols is 1. The number of likely N-dealkylation sites (N-methyl/N-ethyl adjacent to an activating group) is 1. The molecule has 3 aromatic rings. The van der Waals surface area contributed by atoms with E-state index in [9.17, 15) is 27.1 Å². The summed E-state index contributed by atoms with van der Waals surface area (Å²) in [7, 11) is 5.06. The Balaban J connectivity index is 1.84. The molecule has 1 fully saturated rings. The molecule has 0 radical (unpaired) electrons. The fourth-order valence-electron chi connectivity index (χ4n) is 4.20. The Morgan fingerprint density at radius 3 is 2.47 bits per heavy atom. The van der Waals surface area contributed by atoms with Gasteiger partial charge in [-0.15, -0.1) is 0 Å². The van der Waals surface area contributed by atoms with Gasteiger partial charge in [-0.2, -0.15) is 18.3 Å². The van der Waals surface area contributed by atoms with Gasteiger partial charge in [0, 0.05) is 44.4 Å². The summed E-state index contributed by atoms with van der Waals surface area (Å²) < 4.78 is 74.8. The van der Waals surface area contributed by atoms with Gasteiger partial charge in [0.2, 0.25) is 0 Å². The van der Waals surface area contributed by atoms with Crippen molar-refractivity contribution < 1.29 is 31.8 Å². The lowest BCUT2D eigenvalue weighted by Crippen LogP contribution is -2.55. The molecule has 0 atom stereocenters. The Kier molecular flexibility index (Phi) is 5.27. The molecule has 32 heavy (non-hydrogen) atoms. The molecular formula is C21H21F5N4O2. The van der Waals surface area contributed by atoms with Gasteiger partial charge in [0.15, 0.2) is 17.4 Å². The second-order valence-corrected chi connectivity index (χ2v) is 8.05. The zero-order valence-electron chi connectivity index (χ0n) is 17.6. The quantitative estimate of drug-likeness (QED) is 0.567. The van der Waals surface area contributed by atoms with Gasteiger partial charge in [-0.25, -0.2) is 13.8 Å². The van der Waals surface area contributed by atoms with Crippen molar-refractivity contribution in [3.63, 3.8) is 0 Å². The first-order valence-electron chi connectivity index (χ1n) is 9.84. The largest absolute Gasteiger partial charge is 0.503 e. The fraction of sp³-hybridized carbons (Fsp3) is 0.429. The van der Waals surface area contributed by atoms with Crippen LogP contribution in [0.3, 0.4) is 0 Å². The number of aryl methyl sites for hydroxylation is 1. The maximum Gasteiger partial charge on any atom is 0.419 e. The summed E-state index contributed by atoms with van der Waals surface area (Å²) >= 11 is 0. The molecule has 1 aliphatic rings. The topological polar surface area (TPSA) is 63.4 Å². The highest BCUT2D eigenvalue weighted by Crippen LogP contribution is 2.43. The zero-order chi connectivity index (χ0) is 23.4. The summed E-state index contributed by atoms with van der Waals surface area (Å²) in [4.78, 5) is 6.41. The van der Waals surface area contributed by atoms with E-state index in [0.29, 0.717) is 24.0 Å². The van der Waals surface area contributed by atoms with Crippen LogP contribution in [0.1, 0.15) is 24.8 Å². The Morgan fingerprint density at radius 1 is 1.22 bits per heavy atom. The smallest absolute Gasteiger partial charge is 0.419 e. The number of nitrogens with zero attached hydrogens (tertiary/aromatic N) is 4. The van der Waals surface area contributed by atoms with Gasteiger partial charge in [-0.3, -0.25) is 4.68 Å². The summed E-state index contributed by atoms with van der Waals surface area (Å²) in [6, 6.07) is 2.02. The second-order valence-electron chi connectivity index (χ2n) is 8.05. The number of methoxy groups -OCH3 is 1. The van der Waals surface area contributed by atoms with Crippen molar-refractivity contribution in [2.75, 3.05) is 25.7 Å². The zero-order valence-corrected chi connectivity index (χ0v) is 17.6. The Morgan fingerprint density at radius 2 is 1.91 bits per heavy atom. The number of pyridine rings is 1. The third-order valence-electron chi connectivity index (χ3n) is 6.21. The van der Waals surface area contributed by atoms with E-state index in [1.165, 1.54) is 10.9 Å². The number of aromatic hydroxyl groups is 1. The molecule has 1 N–H and O–H groups in total. The van der Waals surface area contributed by atoms with Gasteiger partial charge in [0.1, 0.15) is 11.5 Å². The average molecular weight is 456 g/mol. The molecule has 1 aromatic carbocycles. The molecule has 0 aliphatic heterocycles. The van der Waals surface area contributed by atoms with Gasteiger partial charge < -0.3 is 14.7 Å². The first-order chi connectivity index (χ1) is 15.0. The molecule has 1 saturated carbocycles. The molecule has 2 aromatic heterocycles. The van der Waals surface area contributed by atoms with Crippen LogP contribution in [-0.2, 0) is 18.0 Å². The molecule has 1 aliphatic carbocycles. The maximum atomic E-state index is 14.6. The van der Waals surface area contributed by atoms with E-state index >= 15 is 0 Å². The summed E-state index contributed by atoms with van der Waals surface area (Å²) in [6.07, 6.45) is -0.834. The summed E-state index contributed by atoms with van der Waals surface area (Å²) in [5.74, 6) is -4.69. The number of benzene rings is 1. The van der Waals surface area contributed by atoms with Crippen molar-refractivity contribution in [3.8, 4) is 17.0 Å². The van der Waals surface area contributed by atoms with Crippen molar-refractivity contribution in [3.05, 3.63) is 35.5 Å². The third-order valence-corrected chi connectivity index (χ3v) is 6.21. The number of hydrogen-bond acceptors (Lipinski definition) is 5. The summed E-state index contributed by atoms with van der Waals surface area (Å²) in [5, 5.41) is 14.0. The summed E-state index contributed by atoms with van der Waals surface area (Å²) in [6.45, 7) is 0.514. The SMILES string of the molecule is COCC1(N(C)c2cc3c(cn2)c(-c2cc(C(F)(F)F)c(F)c(O)c2F)nn3C)CCC1. The van der Waals surface area contributed by atoms with Crippen LogP contribution < -0.4 is 4.90 Å². The van der Waals surface area contributed by atoms with E-state index in [1.54, 1.807) is 20.2 Å². The van der Waals surface area contributed by atoms with Crippen LogP contribution in [0.25, 0.3) is 22.2 Å². The first-order valence-corrected chi connectivity index (χ1v) is 9.84. The number of rotatable bonds is 5. The van der Waals surface area contributed by atoms with E-state index in [-0.39, 0.29) is 16.6 Å². The lowest BCUT2D eigenvalue weighted by molar-refractivity contribution is -0.140. The second kappa shape index (κ2) is 7.58. The van der Waals surface area contributed by atoms with Crippen LogP contribution in [-0.4, -0.2) is 46.2 Å². The predicted molar refractivity (Wildman–Crippen MR) is 107 cm³/mol. The number of aromatic nitrogens is 3. The molecule has 172 valence electrons. The number of alkyl halides is 3. The number of fused-ring (bicyclic) bond motifs is 1. The highest BCUT2D eigenvalue weighted by Gasteiger charge is 2.42. The maximum absolute atomic E-state index is 14.6. The van der Waals surface area contributed by atoms with Gasteiger partial charge >= 0.3 is 6.18 Å². The van der Waals surface area contributed by atoms with Gasteiger partial charge in [-0.05, 0) is 25.3 Å². The number of hydrogen-bond donors (Lipinski definition) is 1. The number of phenolic OH excluding ortho intramolecular Hbond substituents is 1. The van der Waals surface area contributed by atoms with Crippen molar-refractivity contribution in [2.24, 2.45) is 7.05 Å². The standard InChI is InChI=1S/C21H21F5N4O2/c1-29(20(10-32-3)5-4-6-20)15-8-14-12(9-27-15)18(28-30(14)2)11-7-13(21(24,25)26)17(23)19(31)16(11)22/h7-9,31H,4-6,10H2,1-3H3. The number of anilines is 1. The monoisotopic (exact) mass is 456 g/mol. The minimum atomic E-state index is -5.12. The predicted octanol–water partition coefficient (Wildman–Crippen LogP) is 4.64. The molecule has 2 heterocycles. The van der Waals surface area contributed by atoms with Crippen LogP contribution in [0, 0.1) is 11.6 Å². The third kappa shape index (κ3) is 3.35. The lowest BCUT2D eigenvalue weighted by atomic mass is 9.76. The van der Waals surface area contributed by atoms with Crippen molar-refractivity contribution in [1.29, 1.82) is 0 Å². The minimum Gasteiger partial charge on any atom is -0.503 e. The highest BCUT2D eigenvalue weighted by atomic mass is 19.4. The number of ether oxygens (including phenoxy) is 1.